The summed E-state index contributed by atoms with van der Waals surface area (Å²) in [5.41, 5.74) is 3.94. The minimum Gasteiger partial charge on any atom is -0.469 e. The molecule has 0 spiro atoms. The number of H-pyrrole nitrogens is 1. The van der Waals surface area contributed by atoms with E-state index in [9.17, 15) is 18.4 Å². The molecule has 1 aromatic heterocycles. The van der Waals surface area contributed by atoms with Crippen molar-refractivity contribution < 1.29 is 18.3 Å². The van der Waals surface area contributed by atoms with Crippen LogP contribution in [0.1, 0.15) is 23.2 Å². The standard InChI is InChI=1S/C10H12F2N2O3/c1-17-8(15)3-7-6(9(11)12)2-5(4-13)14-10(7)16/h2,9H,3-4,13H2,1H3,(H,14,16). The highest BCUT2D eigenvalue weighted by Crippen LogP contribution is 2.21. The van der Waals surface area contributed by atoms with E-state index in [1.54, 1.807) is 0 Å². The first kappa shape index (κ1) is 13.3. The molecular weight excluding hydrogens is 234 g/mol. The van der Waals surface area contributed by atoms with Crippen molar-refractivity contribution in [3.63, 3.8) is 0 Å². The largest absolute Gasteiger partial charge is 0.469 e. The fourth-order valence-electron chi connectivity index (χ4n) is 1.37. The predicted octanol–water partition coefficient (Wildman–Crippen LogP) is 0.487. The van der Waals surface area contributed by atoms with Gasteiger partial charge < -0.3 is 15.5 Å². The lowest BCUT2D eigenvalue weighted by Gasteiger charge is -2.09. The van der Waals surface area contributed by atoms with Crippen LogP contribution >= 0.6 is 0 Å². The van der Waals surface area contributed by atoms with Crippen LogP contribution < -0.4 is 11.3 Å². The van der Waals surface area contributed by atoms with Crippen molar-refractivity contribution in [1.29, 1.82) is 0 Å². The average molecular weight is 246 g/mol. The third-order valence-corrected chi connectivity index (χ3v) is 2.23. The second-order valence-electron chi connectivity index (χ2n) is 3.32. The number of pyridine rings is 1. The van der Waals surface area contributed by atoms with Gasteiger partial charge in [0.15, 0.2) is 0 Å². The average Bonchev–Trinajstić information content (AvgIpc) is 2.30. The van der Waals surface area contributed by atoms with Crippen LogP contribution in [0.2, 0.25) is 0 Å². The van der Waals surface area contributed by atoms with Gasteiger partial charge in [-0.05, 0) is 6.07 Å². The van der Waals surface area contributed by atoms with Gasteiger partial charge in [-0.3, -0.25) is 9.59 Å². The number of hydrogen-bond donors (Lipinski definition) is 2. The summed E-state index contributed by atoms with van der Waals surface area (Å²) in [4.78, 5) is 24.9. The Morgan fingerprint density at radius 3 is 2.71 bits per heavy atom. The zero-order chi connectivity index (χ0) is 13.0. The minimum atomic E-state index is -2.85. The number of aromatic nitrogens is 1. The molecule has 0 aliphatic rings. The molecule has 7 heteroatoms. The molecule has 0 atom stereocenters. The fourth-order valence-corrected chi connectivity index (χ4v) is 1.37. The predicted molar refractivity (Wildman–Crippen MR) is 55.6 cm³/mol. The van der Waals surface area contributed by atoms with Crippen LogP contribution in [-0.2, 0) is 22.5 Å². The number of carbonyl (C=O) groups excluding carboxylic acids is 1. The number of ether oxygens (including phenoxy) is 1. The van der Waals surface area contributed by atoms with Crippen LogP contribution in [0.25, 0.3) is 0 Å². The van der Waals surface area contributed by atoms with Crippen LogP contribution in [0.15, 0.2) is 10.9 Å². The molecule has 0 amide bonds. The molecule has 0 aromatic carbocycles. The van der Waals surface area contributed by atoms with Crippen molar-refractivity contribution in [2.24, 2.45) is 5.73 Å². The van der Waals surface area contributed by atoms with Crippen LogP contribution in [0.5, 0.6) is 0 Å². The summed E-state index contributed by atoms with van der Waals surface area (Å²) < 4.78 is 29.8. The summed E-state index contributed by atoms with van der Waals surface area (Å²) >= 11 is 0. The number of alkyl halides is 2. The van der Waals surface area contributed by atoms with Gasteiger partial charge in [0.1, 0.15) is 0 Å². The summed E-state index contributed by atoms with van der Waals surface area (Å²) in [6, 6.07) is 1.09. The molecule has 0 aliphatic heterocycles. The van der Waals surface area contributed by atoms with Gasteiger partial charge in [-0.2, -0.15) is 0 Å². The van der Waals surface area contributed by atoms with Crippen molar-refractivity contribution in [3.05, 3.63) is 33.2 Å². The third kappa shape index (κ3) is 3.10. The molecule has 0 radical (unpaired) electrons. The van der Waals surface area contributed by atoms with E-state index in [1.807, 2.05) is 0 Å². The molecule has 1 aromatic rings. The van der Waals surface area contributed by atoms with Gasteiger partial charge in [0.2, 0.25) is 0 Å². The molecular formula is C10H12F2N2O3. The molecule has 94 valence electrons. The van der Waals surface area contributed by atoms with Gasteiger partial charge >= 0.3 is 5.97 Å². The Hall–Kier alpha value is -1.76. The van der Waals surface area contributed by atoms with Crippen molar-refractivity contribution in [2.45, 2.75) is 19.4 Å². The van der Waals surface area contributed by atoms with Gasteiger partial charge in [-0.25, -0.2) is 8.78 Å². The van der Waals surface area contributed by atoms with Crippen molar-refractivity contribution >= 4 is 5.97 Å². The molecule has 0 saturated heterocycles. The van der Waals surface area contributed by atoms with Gasteiger partial charge in [-0.15, -0.1) is 0 Å². The zero-order valence-corrected chi connectivity index (χ0v) is 9.13. The number of esters is 1. The van der Waals surface area contributed by atoms with Crippen molar-refractivity contribution in [3.8, 4) is 0 Å². The Balaban J connectivity index is 3.27. The number of hydrogen-bond acceptors (Lipinski definition) is 4. The Morgan fingerprint density at radius 1 is 1.59 bits per heavy atom. The quantitative estimate of drug-likeness (QED) is 0.757. The highest BCUT2D eigenvalue weighted by Gasteiger charge is 2.19. The first-order chi connectivity index (χ1) is 7.99. The monoisotopic (exact) mass is 246 g/mol. The Morgan fingerprint density at radius 2 is 2.24 bits per heavy atom. The number of methoxy groups -OCH3 is 1. The van der Waals surface area contributed by atoms with E-state index >= 15 is 0 Å². The van der Waals surface area contributed by atoms with Crippen LogP contribution in [0.4, 0.5) is 8.78 Å². The van der Waals surface area contributed by atoms with Gasteiger partial charge in [0.25, 0.3) is 12.0 Å². The van der Waals surface area contributed by atoms with E-state index in [2.05, 4.69) is 9.72 Å². The van der Waals surface area contributed by atoms with Crippen LogP contribution in [0.3, 0.4) is 0 Å². The zero-order valence-electron chi connectivity index (χ0n) is 9.13. The maximum atomic E-state index is 12.7. The molecule has 1 heterocycles. The number of nitrogens with two attached hydrogens (primary N) is 1. The summed E-state index contributed by atoms with van der Waals surface area (Å²) in [5.74, 6) is -0.752. The van der Waals surface area contributed by atoms with Gasteiger partial charge in [0.05, 0.1) is 13.5 Å². The number of aromatic amines is 1. The van der Waals surface area contributed by atoms with Crippen molar-refractivity contribution in [1.82, 2.24) is 4.98 Å². The van der Waals surface area contributed by atoms with Gasteiger partial charge in [-0.1, -0.05) is 0 Å². The molecule has 17 heavy (non-hydrogen) atoms. The molecule has 0 unspecified atom stereocenters. The maximum Gasteiger partial charge on any atom is 0.310 e. The van der Waals surface area contributed by atoms with E-state index in [0.717, 1.165) is 13.2 Å². The van der Waals surface area contributed by atoms with E-state index in [4.69, 9.17) is 5.73 Å². The lowest BCUT2D eigenvalue weighted by Crippen LogP contribution is -2.22. The van der Waals surface area contributed by atoms with Crippen LogP contribution in [-0.4, -0.2) is 18.1 Å². The van der Waals surface area contributed by atoms with E-state index in [-0.39, 0.29) is 17.8 Å². The first-order valence-corrected chi connectivity index (χ1v) is 4.79. The maximum absolute atomic E-state index is 12.7. The van der Waals surface area contributed by atoms with E-state index < -0.39 is 29.9 Å². The lowest BCUT2D eigenvalue weighted by atomic mass is 10.1. The number of nitrogens with one attached hydrogen (secondary N) is 1. The second kappa shape index (κ2) is 5.53. The van der Waals surface area contributed by atoms with E-state index in [0.29, 0.717) is 0 Å². The lowest BCUT2D eigenvalue weighted by molar-refractivity contribution is -0.139. The summed E-state index contributed by atoms with van der Waals surface area (Å²) in [6.07, 6.45) is -3.33. The molecule has 5 nitrogen and oxygen atoms in total. The Bertz CT molecular complexity index is 471. The Labute approximate surface area is 95.6 Å². The second-order valence-corrected chi connectivity index (χ2v) is 3.32. The summed E-state index contributed by atoms with van der Waals surface area (Å²) in [7, 11) is 1.12. The van der Waals surface area contributed by atoms with Crippen LogP contribution in [0, 0.1) is 0 Å². The fraction of sp³-hybridized carbons (Fsp3) is 0.400. The SMILES string of the molecule is COC(=O)Cc1c(C(F)F)cc(CN)[nH]c1=O. The molecule has 0 saturated carbocycles. The molecule has 0 fully saturated rings. The molecule has 1 rings (SSSR count). The Kier molecular flexibility index (Phi) is 4.33. The number of halogens is 2. The number of carbonyl (C=O) groups is 1. The van der Waals surface area contributed by atoms with Gasteiger partial charge in [0, 0.05) is 23.4 Å². The molecule has 0 aliphatic carbocycles. The minimum absolute atomic E-state index is 0.0620. The first-order valence-electron chi connectivity index (χ1n) is 4.79. The number of rotatable bonds is 4. The highest BCUT2D eigenvalue weighted by molar-refractivity contribution is 5.72. The normalized spacial score (nSPS) is 10.6. The van der Waals surface area contributed by atoms with E-state index in [1.165, 1.54) is 0 Å². The van der Waals surface area contributed by atoms with Crippen molar-refractivity contribution in [2.75, 3.05) is 7.11 Å². The summed E-state index contributed by atoms with van der Waals surface area (Å²) in [6.45, 7) is -0.0620. The summed E-state index contributed by atoms with van der Waals surface area (Å²) in [5, 5.41) is 0. The molecule has 3 N–H and O–H groups in total. The molecule has 0 bridgehead atoms. The smallest absolute Gasteiger partial charge is 0.310 e. The third-order valence-electron chi connectivity index (χ3n) is 2.23. The topological polar surface area (TPSA) is 85.2 Å². The highest BCUT2D eigenvalue weighted by atomic mass is 19.3.